The highest BCUT2D eigenvalue weighted by Gasteiger charge is 2.46. The molecule has 1 aliphatic rings. The summed E-state index contributed by atoms with van der Waals surface area (Å²) in [5.74, 6) is -0.712. The summed E-state index contributed by atoms with van der Waals surface area (Å²) < 4.78 is 10.7. The molecule has 0 aliphatic heterocycles. The molecule has 0 aromatic rings. The van der Waals surface area contributed by atoms with E-state index in [9.17, 15) is 15.3 Å². The molecule has 7 heteroatoms. The highest BCUT2D eigenvalue weighted by Crippen LogP contribution is 2.38. The minimum Gasteiger partial charge on any atom is -0.396 e. The van der Waals surface area contributed by atoms with Gasteiger partial charge in [-0.05, 0) is 25.2 Å². The van der Waals surface area contributed by atoms with Crippen LogP contribution in [0, 0.1) is 11.8 Å². The van der Waals surface area contributed by atoms with Crippen LogP contribution in [0.5, 0.6) is 0 Å². The minimum absolute atomic E-state index is 0.0788. The Kier molecular flexibility index (Phi) is 7.90. The highest BCUT2D eigenvalue weighted by atomic mass is 16.7. The maximum Gasteiger partial charge on any atom is 0.162 e. The van der Waals surface area contributed by atoms with Gasteiger partial charge < -0.3 is 35.0 Å². The van der Waals surface area contributed by atoms with Gasteiger partial charge in [0.05, 0.1) is 31.5 Å². The van der Waals surface area contributed by atoms with Gasteiger partial charge in [0.25, 0.3) is 0 Å². The van der Waals surface area contributed by atoms with Gasteiger partial charge in [0.1, 0.15) is 0 Å². The largest absolute Gasteiger partial charge is 0.396 e. The predicted molar refractivity (Wildman–Crippen MR) is 69.8 cm³/mol. The molecule has 1 rings (SSSR count). The minimum atomic E-state index is -0.847. The van der Waals surface area contributed by atoms with Crippen molar-refractivity contribution in [2.45, 2.75) is 43.9 Å². The lowest BCUT2D eigenvalue weighted by Gasteiger charge is -2.30. The van der Waals surface area contributed by atoms with Crippen molar-refractivity contribution in [1.82, 2.24) is 0 Å². The molecule has 0 amide bonds. The van der Waals surface area contributed by atoms with Crippen LogP contribution in [0.4, 0.5) is 0 Å². The molecule has 120 valence electrons. The van der Waals surface area contributed by atoms with E-state index in [-0.39, 0.29) is 38.6 Å². The van der Waals surface area contributed by atoms with Gasteiger partial charge in [0.2, 0.25) is 0 Å². The monoisotopic (exact) mass is 294 g/mol. The van der Waals surface area contributed by atoms with E-state index in [0.29, 0.717) is 6.42 Å². The Morgan fingerprint density at radius 3 is 2.45 bits per heavy atom. The maximum atomic E-state index is 10.0. The molecule has 0 radical (unpaired) electrons. The van der Waals surface area contributed by atoms with Crippen LogP contribution in [-0.4, -0.2) is 77.1 Å². The SMILES string of the molecule is CO[C@H](OCCC(O)CO)[C@H]1[C@@H](CCO)[C@@H](O)C[C@H]1O. The van der Waals surface area contributed by atoms with Gasteiger partial charge in [-0.1, -0.05) is 0 Å². The van der Waals surface area contributed by atoms with E-state index in [4.69, 9.17) is 19.7 Å². The van der Waals surface area contributed by atoms with Crippen molar-refractivity contribution < 1.29 is 35.0 Å². The van der Waals surface area contributed by atoms with E-state index in [1.165, 1.54) is 7.11 Å². The molecule has 0 heterocycles. The zero-order valence-electron chi connectivity index (χ0n) is 11.8. The van der Waals surface area contributed by atoms with Crippen LogP contribution in [-0.2, 0) is 9.47 Å². The maximum absolute atomic E-state index is 10.0. The molecule has 1 fully saturated rings. The summed E-state index contributed by atoms with van der Waals surface area (Å²) in [5, 5.41) is 46.9. The van der Waals surface area contributed by atoms with Crippen molar-refractivity contribution in [3.05, 3.63) is 0 Å². The van der Waals surface area contributed by atoms with Gasteiger partial charge in [-0.15, -0.1) is 0 Å². The Balaban J connectivity index is 2.57. The number of hydrogen-bond acceptors (Lipinski definition) is 7. The zero-order valence-corrected chi connectivity index (χ0v) is 11.8. The third-order valence-corrected chi connectivity index (χ3v) is 3.87. The van der Waals surface area contributed by atoms with Crippen molar-refractivity contribution in [3.8, 4) is 0 Å². The molecule has 0 saturated heterocycles. The summed E-state index contributed by atoms with van der Waals surface area (Å²) in [5.41, 5.74) is 0. The van der Waals surface area contributed by atoms with Crippen molar-refractivity contribution in [2.75, 3.05) is 26.9 Å². The predicted octanol–water partition coefficient (Wildman–Crippen LogP) is -1.54. The summed E-state index contributed by atoms with van der Waals surface area (Å²) >= 11 is 0. The third-order valence-electron chi connectivity index (χ3n) is 3.87. The van der Waals surface area contributed by atoms with E-state index in [1.54, 1.807) is 0 Å². The number of methoxy groups -OCH3 is 1. The molecule has 1 aliphatic carbocycles. The molecule has 0 aromatic heterocycles. The normalized spacial score (nSPS) is 33.3. The lowest BCUT2D eigenvalue weighted by molar-refractivity contribution is -0.185. The molecule has 1 saturated carbocycles. The molecular formula is C13H26O7. The Labute approximate surface area is 118 Å². The second-order valence-electron chi connectivity index (χ2n) is 5.22. The van der Waals surface area contributed by atoms with Gasteiger partial charge in [-0.3, -0.25) is 0 Å². The van der Waals surface area contributed by atoms with Gasteiger partial charge >= 0.3 is 0 Å². The first kappa shape index (κ1) is 17.8. The van der Waals surface area contributed by atoms with Crippen LogP contribution in [0.25, 0.3) is 0 Å². The van der Waals surface area contributed by atoms with Crippen LogP contribution in [0.15, 0.2) is 0 Å². The van der Waals surface area contributed by atoms with Crippen LogP contribution in [0.3, 0.4) is 0 Å². The fourth-order valence-corrected chi connectivity index (χ4v) is 2.79. The molecule has 6 atom stereocenters. The molecule has 0 aromatic carbocycles. The Morgan fingerprint density at radius 2 is 1.90 bits per heavy atom. The van der Waals surface area contributed by atoms with E-state index in [0.717, 1.165) is 0 Å². The van der Waals surface area contributed by atoms with Crippen molar-refractivity contribution in [3.63, 3.8) is 0 Å². The van der Waals surface area contributed by atoms with Gasteiger partial charge in [-0.2, -0.15) is 0 Å². The van der Waals surface area contributed by atoms with Crippen LogP contribution in [0.1, 0.15) is 19.3 Å². The molecule has 1 unspecified atom stereocenters. The zero-order chi connectivity index (χ0) is 15.1. The molecule has 0 spiro atoms. The highest BCUT2D eigenvalue weighted by molar-refractivity contribution is 4.92. The van der Waals surface area contributed by atoms with Crippen LogP contribution >= 0.6 is 0 Å². The summed E-state index contributed by atoms with van der Waals surface area (Å²) in [6.45, 7) is -0.241. The number of hydrogen-bond donors (Lipinski definition) is 5. The summed E-state index contributed by atoms with van der Waals surface area (Å²) in [6, 6.07) is 0. The number of ether oxygens (including phenoxy) is 2. The third kappa shape index (κ3) is 4.63. The lowest BCUT2D eigenvalue weighted by atomic mass is 9.90. The molecule has 20 heavy (non-hydrogen) atoms. The first-order valence-corrected chi connectivity index (χ1v) is 6.95. The quantitative estimate of drug-likeness (QED) is 0.327. The fourth-order valence-electron chi connectivity index (χ4n) is 2.79. The molecule has 5 N–H and O–H groups in total. The fraction of sp³-hybridized carbons (Fsp3) is 1.00. The summed E-state index contributed by atoms with van der Waals surface area (Å²) in [4.78, 5) is 0. The molecule has 7 nitrogen and oxygen atoms in total. The topological polar surface area (TPSA) is 120 Å². The number of aliphatic hydroxyl groups excluding tert-OH is 5. The second-order valence-corrected chi connectivity index (χ2v) is 5.22. The van der Waals surface area contributed by atoms with E-state index in [1.807, 2.05) is 0 Å². The van der Waals surface area contributed by atoms with Crippen LogP contribution in [0.2, 0.25) is 0 Å². The first-order chi connectivity index (χ1) is 9.54. The molecular weight excluding hydrogens is 268 g/mol. The molecule has 0 bridgehead atoms. The van der Waals surface area contributed by atoms with Crippen molar-refractivity contribution in [1.29, 1.82) is 0 Å². The summed E-state index contributed by atoms with van der Waals surface area (Å²) in [7, 11) is 1.45. The Bertz CT molecular complexity index is 263. The smallest absolute Gasteiger partial charge is 0.162 e. The second kappa shape index (κ2) is 8.89. The number of aliphatic hydroxyl groups is 5. The van der Waals surface area contributed by atoms with Gasteiger partial charge in [0.15, 0.2) is 6.29 Å². The van der Waals surface area contributed by atoms with E-state index in [2.05, 4.69) is 0 Å². The number of rotatable bonds is 9. The average molecular weight is 294 g/mol. The summed E-state index contributed by atoms with van der Waals surface area (Å²) in [6.07, 6.45) is -2.15. The van der Waals surface area contributed by atoms with E-state index >= 15 is 0 Å². The van der Waals surface area contributed by atoms with Gasteiger partial charge in [0, 0.05) is 19.6 Å². The first-order valence-electron chi connectivity index (χ1n) is 6.95. The van der Waals surface area contributed by atoms with Crippen molar-refractivity contribution >= 4 is 0 Å². The average Bonchev–Trinajstić information content (AvgIpc) is 2.70. The van der Waals surface area contributed by atoms with Gasteiger partial charge in [-0.25, -0.2) is 0 Å². The Hall–Kier alpha value is -0.280. The van der Waals surface area contributed by atoms with E-state index < -0.39 is 30.5 Å². The van der Waals surface area contributed by atoms with Crippen LogP contribution < -0.4 is 0 Å². The standard InChI is InChI=1S/C13H26O7/c1-19-13(20-5-3-8(16)7-15)12-9(2-4-14)10(17)6-11(12)18/h8-18H,2-7H2,1H3/t8?,9-,10-,11+,12-,13+/m0/s1. The Morgan fingerprint density at radius 1 is 1.20 bits per heavy atom. The van der Waals surface area contributed by atoms with Crippen molar-refractivity contribution in [2.24, 2.45) is 11.8 Å². The lowest BCUT2D eigenvalue weighted by Crippen LogP contribution is -2.37.